The minimum Gasteiger partial charge on any atom is -0.467 e. The molecule has 2 nitrogen and oxygen atoms in total. The normalized spacial score (nSPS) is 13.4. The summed E-state index contributed by atoms with van der Waals surface area (Å²) < 4.78 is 5.44. The summed E-state index contributed by atoms with van der Waals surface area (Å²) in [4.78, 5) is 0. The van der Waals surface area contributed by atoms with Crippen LogP contribution < -0.4 is 5.32 Å². The van der Waals surface area contributed by atoms with Gasteiger partial charge in [-0.2, -0.15) is 0 Å². The van der Waals surface area contributed by atoms with Crippen LogP contribution in [0.15, 0.2) is 16.7 Å². The molecular formula is C13H23NO. The van der Waals surface area contributed by atoms with Gasteiger partial charge in [-0.1, -0.05) is 13.8 Å². The second kappa shape index (κ2) is 5.96. The van der Waals surface area contributed by atoms with Gasteiger partial charge in [0.2, 0.25) is 0 Å². The summed E-state index contributed by atoms with van der Waals surface area (Å²) in [6.45, 7) is 9.84. The second-order valence-electron chi connectivity index (χ2n) is 4.68. The summed E-state index contributed by atoms with van der Waals surface area (Å²) in [5.41, 5.74) is 1.24. The lowest BCUT2D eigenvalue weighted by Crippen LogP contribution is -2.20. The third-order valence-corrected chi connectivity index (χ3v) is 2.70. The van der Waals surface area contributed by atoms with E-state index in [0.717, 1.165) is 18.2 Å². The highest BCUT2D eigenvalue weighted by Gasteiger charge is 2.10. The third kappa shape index (κ3) is 4.08. The minimum absolute atomic E-state index is 0.326. The maximum atomic E-state index is 5.44. The summed E-state index contributed by atoms with van der Waals surface area (Å²) in [6.07, 6.45) is 4.29. The van der Waals surface area contributed by atoms with Crippen LogP contribution in [0, 0.1) is 12.8 Å². The number of nitrogens with one attached hydrogen (secondary N) is 1. The first kappa shape index (κ1) is 12.3. The molecule has 1 N–H and O–H groups in total. The maximum absolute atomic E-state index is 5.44. The van der Waals surface area contributed by atoms with Gasteiger partial charge in [-0.15, -0.1) is 0 Å². The molecule has 0 radical (unpaired) electrons. The first-order chi connectivity index (χ1) is 7.11. The van der Waals surface area contributed by atoms with Gasteiger partial charge in [0.1, 0.15) is 5.76 Å². The fourth-order valence-electron chi connectivity index (χ4n) is 1.75. The number of hydrogen-bond donors (Lipinski definition) is 1. The maximum Gasteiger partial charge on any atom is 0.123 e. The third-order valence-electron chi connectivity index (χ3n) is 2.70. The zero-order valence-corrected chi connectivity index (χ0v) is 10.3. The van der Waals surface area contributed by atoms with Crippen molar-refractivity contribution in [3.05, 3.63) is 23.7 Å². The van der Waals surface area contributed by atoms with Gasteiger partial charge in [-0.25, -0.2) is 0 Å². The van der Waals surface area contributed by atoms with E-state index in [2.05, 4.69) is 33.0 Å². The van der Waals surface area contributed by atoms with Crippen molar-refractivity contribution in [2.24, 2.45) is 5.92 Å². The van der Waals surface area contributed by atoms with E-state index in [1.807, 2.05) is 6.07 Å². The zero-order valence-electron chi connectivity index (χ0n) is 10.3. The van der Waals surface area contributed by atoms with Crippen LogP contribution in [-0.2, 0) is 0 Å². The first-order valence-electron chi connectivity index (χ1n) is 5.88. The van der Waals surface area contributed by atoms with Crippen LogP contribution in [0.2, 0.25) is 0 Å². The van der Waals surface area contributed by atoms with Crippen LogP contribution in [0.1, 0.15) is 51.0 Å². The van der Waals surface area contributed by atoms with E-state index in [1.165, 1.54) is 18.4 Å². The van der Waals surface area contributed by atoms with E-state index in [1.54, 1.807) is 6.26 Å². The van der Waals surface area contributed by atoms with Crippen molar-refractivity contribution in [2.75, 3.05) is 6.54 Å². The zero-order chi connectivity index (χ0) is 11.3. The molecule has 0 aromatic carbocycles. The molecule has 1 aromatic rings. The van der Waals surface area contributed by atoms with Gasteiger partial charge in [0, 0.05) is 0 Å². The Morgan fingerprint density at radius 1 is 1.33 bits per heavy atom. The summed E-state index contributed by atoms with van der Waals surface area (Å²) in [6, 6.07) is 2.34. The minimum atomic E-state index is 0.326. The molecule has 0 bridgehead atoms. The molecule has 0 saturated heterocycles. The highest BCUT2D eigenvalue weighted by Crippen LogP contribution is 2.17. The molecule has 15 heavy (non-hydrogen) atoms. The summed E-state index contributed by atoms with van der Waals surface area (Å²) >= 11 is 0. The van der Waals surface area contributed by atoms with E-state index < -0.39 is 0 Å². The van der Waals surface area contributed by atoms with Crippen LogP contribution in [0.3, 0.4) is 0 Å². The fourth-order valence-corrected chi connectivity index (χ4v) is 1.75. The lowest BCUT2D eigenvalue weighted by molar-refractivity contribution is 0.418. The lowest BCUT2D eigenvalue weighted by atomic mass is 10.1. The molecule has 2 heteroatoms. The van der Waals surface area contributed by atoms with Crippen LogP contribution in [-0.4, -0.2) is 6.54 Å². The Balaban J connectivity index is 2.25. The standard InChI is InChI=1S/C13H23NO/c1-10(2)6-5-8-14-12(4)13-11(3)7-9-15-13/h7,9-10,12,14H,5-6,8H2,1-4H3. The Morgan fingerprint density at radius 3 is 2.60 bits per heavy atom. The predicted molar refractivity (Wildman–Crippen MR) is 63.9 cm³/mol. The molecule has 0 amide bonds. The molecule has 0 aliphatic rings. The van der Waals surface area contributed by atoms with E-state index in [0.29, 0.717) is 6.04 Å². The van der Waals surface area contributed by atoms with Gasteiger partial charge in [0.25, 0.3) is 0 Å². The molecule has 0 saturated carbocycles. The van der Waals surface area contributed by atoms with E-state index in [-0.39, 0.29) is 0 Å². The van der Waals surface area contributed by atoms with E-state index in [9.17, 15) is 0 Å². The number of hydrogen-bond acceptors (Lipinski definition) is 2. The molecular weight excluding hydrogens is 186 g/mol. The predicted octanol–water partition coefficient (Wildman–Crippen LogP) is 3.67. The molecule has 1 atom stereocenters. The molecule has 1 aromatic heterocycles. The first-order valence-corrected chi connectivity index (χ1v) is 5.88. The lowest BCUT2D eigenvalue weighted by Gasteiger charge is -2.12. The molecule has 1 rings (SSSR count). The number of aryl methyl sites for hydroxylation is 1. The van der Waals surface area contributed by atoms with Crippen molar-refractivity contribution in [1.82, 2.24) is 5.32 Å². The van der Waals surface area contributed by atoms with Crippen molar-refractivity contribution in [2.45, 2.75) is 46.6 Å². The highest BCUT2D eigenvalue weighted by molar-refractivity contribution is 5.17. The molecule has 1 heterocycles. The number of furan rings is 1. The van der Waals surface area contributed by atoms with E-state index >= 15 is 0 Å². The monoisotopic (exact) mass is 209 g/mol. The largest absolute Gasteiger partial charge is 0.467 e. The summed E-state index contributed by atoms with van der Waals surface area (Å²) in [5, 5.41) is 3.49. The Morgan fingerprint density at radius 2 is 2.07 bits per heavy atom. The Kier molecular flexibility index (Phi) is 4.89. The van der Waals surface area contributed by atoms with Crippen molar-refractivity contribution in [3.8, 4) is 0 Å². The molecule has 0 aliphatic heterocycles. The molecule has 1 unspecified atom stereocenters. The SMILES string of the molecule is Cc1ccoc1C(C)NCCCC(C)C. The van der Waals surface area contributed by atoms with Crippen LogP contribution in [0.25, 0.3) is 0 Å². The fraction of sp³-hybridized carbons (Fsp3) is 0.692. The molecule has 0 aliphatic carbocycles. The van der Waals surface area contributed by atoms with Gasteiger partial charge in [0.15, 0.2) is 0 Å². The average molecular weight is 209 g/mol. The van der Waals surface area contributed by atoms with Crippen molar-refractivity contribution < 1.29 is 4.42 Å². The van der Waals surface area contributed by atoms with Gasteiger partial charge < -0.3 is 9.73 Å². The van der Waals surface area contributed by atoms with Gasteiger partial charge in [-0.3, -0.25) is 0 Å². The van der Waals surface area contributed by atoms with Crippen molar-refractivity contribution in [3.63, 3.8) is 0 Å². The highest BCUT2D eigenvalue weighted by atomic mass is 16.3. The summed E-state index contributed by atoms with van der Waals surface area (Å²) in [7, 11) is 0. The molecule has 0 spiro atoms. The van der Waals surface area contributed by atoms with Crippen LogP contribution in [0.4, 0.5) is 0 Å². The Labute approximate surface area is 93.1 Å². The Hall–Kier alpha value is -0.760. The van der Waals surface area contributed by atoms with Crippen molar-refractivity contribution >= 4 is 0 Å². The van der Waals surface area contributed by atoms with Crippen molar-refractivity contribution in [1.29, 1.82) is 0 Å². The average Bonchev–Trinajstić information content (AvgIpc) is 2.58. The van der Waals surface area contributed by atoms with Gasteiger partial charge >= 0.3 is 0 Å². The Bertz CT molecular complexity index is 278. The number of rotatable bonds is 6. The molecule has 0 fully saturated rings. The van der Waals surface area contributed by atoms with E-state index in [4.69, 9.17) is 4.42 Å². The topological polar surface area (TPSA) is 25.2 Å². The smallest absolute Gasteiger partial charge is 0.123 e. The van der Waals surface area contributed by atoms with Crippen LogP contribution >= 0.6 is 0 Å². The summed E-state index contributed by atoms with van der Waals surface area (Å²) in [5.74, 6) is 1.87. The molecule has 86 valence electrons. The second-order valence-corrected chi connectivity index (χ2v) is 4.68. The van der Waals surface area contributed by atoms with Gasteiger partial charge in [0.05, 0.1) is 12.3 Å². The van der Waals surface area contributed by atoms with Gasteiger partial charge in [-0.05, 0) is 50.8 Å². The quantitative estimate of drug-likeness (QED) is 0.723. The van der Waals surface area contributed by atoms with Crippen LogP contribution in [0.5, 0.6) is 0 Å².